The summed E-state index contributed by atoms with van der Waals surface area (Å²) in [6, 6.07) is -4.91. The normalized spacial score (nSPS) is 15.1. The molecule has 0 unspecified atom stereocenters. The SMILES string of the molecule is CC[C@H](C)[C@H](NC(=O)[C@H](C)NC(=O)[C@@H](CS)NC(C)=O)C(=O)N[C@H](C(=O)N[C@@H](CCCN=C(N)N)C(=O)N[C@@H](CS)C(=O)N[C@@H](CCCN=C(N)N)C(=O)N[C@@H](Cc1ccc(O)cc1)C(N)=O)[C@@H](C)O. The lowest BCUT2D eigenvalue weighted by molar-refractivity contribution is -0.137. The third-order valence-corrected chi connectivity index (χ3v) is 11.2. The van der Waals surface area contributed by atoms with Gasteiger partial charge >= 0.3 is 0 Å². The van der Waals surface area contributed by atoms with E-state index in [1.54, 1.807) is 13.8 Å². The van der Waals surface area contributed by atoms with Gasteiger partial charge in [-0.1, -0.05) is 32.4 Å². The molecule has 70 heavy (non-hydrogen) atoms. The zero-order chi connectivity index (χ0) is 53.2. The van der Waals surface area contributed by atoms with Crippen LogP contribution in [0.2, 0.25) is 0 Å². The molecule has 0 aliphatic rings. The third-order valence-electron chi connectivity index (χ3n) is 10.5. The highest BCUT2D eigenvalue weighted by Gasteiger charge is 2.36. The number of benzene rings is 1. The molecule has 0 aliphatic heterocycles. The number of phenols is 1. The molecule has 0 fully saturated rings. The average Bonchev–Trinajstić information content (AvgIpc) is 3.29. The van der Waals surface area contributed by atoms with Gasteiger partial charge in [-0.05, 0) is 63.1 Å². The first-order valence-electron chi connectivity index (χ1n) is 22.3. The molecular weight excluding hydrogens is 955 g/mol. The van der Waals surface area contributed by atoms with Crippen LogP contribution in [0.5, 0.6) is 5.75 Å². The van der Waals surface area contributed by atoms with Crippen molar-refractivity contribution in [3.63, 3.8) is 0 Å². The number of carbonyl (C=O) groups excluding carboxylic acids is 9. The predicted octanol–water partition coefficient (Wildman–Crippen LogP) is -5.27. The first-order valence-corrected chi connectivity index (χ1v) is 23.6. The van der Waals surface area contributed by atoms with E-state index >= 15 is 0 Å². The van der Waals surface area contributed by atoms with Gasteiger partial charge in [0.25, 0.3) is 0 Å². The Morgan fingerprint density at radius 1 is 0.571 bits per heavy atom. The number of hydrogen-bond donors (Lipinski definition) is 17. The number of amides is 9. The van der Waals surface area contributed by atoms with Gasteiger partial charge in [-0.2, -0.15) is 25.3 Å². The smallest absolute Gasteiger partial charge is 0.245 e. The zero-order valence-electron chi connectivity index (χ0n) is 39.9. The molecule has 1 aromatic rings. The fourth-order valence-corrected chi connectivity index (χ4v) is 6.87. The van der Waals surface area contributed by atoms with Crippen molar-refractivity contribution in [3.8, 4) is 5.75 Å². The second-order valence-electron chi connectivity index (χ2n) is 16.4. The van der Waals surface area contributed by atoms with Gasteiger partial charge in [0, 0.05) is 37.9 Å². The number of thiol groups is 2. The van der Waals surface area contributed by atoms with Crippen LogP contribution in [-0.4, -0.2) is 154 Å². The lowest BCUT2D eigenvalue weighted by Gasteiger charge is -2.30. The van der Waals surface area contributed by atoms with Crippen LogP contribution >= 0.6 is 25.3 Å². The van der Waals surface area contributed by atoms with Crippen molar-refractivity contribution in [1.82, 2.24) is 42.5 Å². The van der Waals surface area contributed by atoms with Crippen molar-refractivity contribution >= 4 is 90.3 Å². The third kappa shape index (κ3) is 22.7. The Hall–Kier alpha value is -6.55. The summed E-state index contributed by atoms with van der Waals surface area (Å²) >= 11 is 8.30. The molecule has 392 valence electrons. The lowest BCUT2D eigenvalue weighted by Crippen LogP contribution is -2.62. The number of aliphatic hydroxyl groups excluding tert-OH is 1. The molecule has 9 amide bonds. The molecule has 0 radical (unpaired) electrons. The minimum atomic E-state index is -1.71. The molecule has 1 aromatic carbocycles. The van der Waals surface area contributed by atoms with Gasteiger partial charge in [-0.15, -0.1) is 0 Å². The van der Waals surface area contributed by atoms with Crippen LogP contribution in [0.4, 0.5) is 0 Å². The second kappa shape index (κ2) is 31.6. The van der Waals surface area contributed by atoms with Crippen molar-refractivity contribution < 1.29 is 53.4 Å². The number of aliphatic imine (C=N–C) groups is 2. The van der Waals surface area contributed by atoms with Crippen LogP contribution in [0.25, 0.3) is 0 Å². The summed E-state index contributed by atoms with van der Waals surface area (Å²) in [4.78, 5) is 127. The molecule has 0 aromatic heterocycles. The highest BCUT2D eigenvalue weighted by atomic mass is 32.1. The summed E-state index contributed by atoms with van der Waals surface area (Å²) in [7, 11) is 0. The molecule has 1 rings (SSSR count). The number of nitrogens with two attached hydrogens (primary N) is 5. The molecule has 0 heterocycles. The number of aliphatic hydroxyl groups is 1. The quantitative estimate of drug-likeness (QED) is 0.0143. The Kier molecular flexibility index (Phi) is 27.7. The summed E-state index contributed by atoms with van der Waals surface area (Å²) in [5.41, 5.74) is 27.9. The van der Waals surface area contributed by atoms with Crippen LogP contribution < -0.4 is 71.2 Å². The summed E-state index contributed by atoms with van der Waals surface area (Å²) < 4.78 is 0. The Morgan fingerprint density at radius 3 is 1.43 bits per heavy atom. The molecule has 0 saturated carbocycles. The van der Waals surface area contributed by atoms with Gasteiger partial charge in [-0.25, -0.2) is 0 Å². The minimum absolute atomic E-state index is 0.00240. The van der Waals surface area contributed by atoms with E-state index in [1.807, 2.05) is 0 Å². The molecule has 10 atom stereocenters. The Bertz CT molecular complexity index is 2000. The second-order valence-corrected chi connectivity index (χ2v) is 17.1. The number of hydrogen-bond acceptors (Lipinski definition) is 15. The maximum Gasteiger partial charge on any atom is 0.245 e. The molecule has 28 heteroatoms. The first-order chi connectivity index (χ1) is 32.8. The number of nitrogens with zero attached hydrogens (tertiary/aromatic N) is 2. The van der Waals surface area contributed by atoms with Gasteiger partial charge in [0.15, 0.2) is 11.9 Å². The maximum atomic E-state index is 14.0. The number of nitrogens with one attached hydrogen (secondary N) is 8. The summed E-state index contributed by atoms with van der Waals surface area (Å²) in [5, 5.41) is 40.3. The van der Waals surface area contributed by atoms with E-state index in [2.05, 4.69) is 77.8 Å². The van der Waals surface area contributed by atoms with Gasteiger partial charge in [0.2, 0.25) is 53.2 Å². The van der Waals surface area contributed by atoms with E-state index in [4.69, 9.17) is 28.7 Å². The number of guanidine groups is 2. The number of primary amides is 1. The fraction of sp³-hybridized carbons (Fsp3) is 0.595. The van der Waals surface area contributed by atoms with Crippen molar-refractivity contribution in [2.75, 3.05) is 24.6 Å². The van der Waals surface area contributed by atoms with Crippen molar-refractivity contribution in [2.24, 2.45) is 44.6 Å². The average molecular weight is 1030 g/mol. The topological polar surface area (TPSA) is 445 Å². The molecular formula is C42H71N15O11S2. The van der Waals surface area contributed by atoms with Crippen molar-refractivity contribution in [2.45, 2.75) is 128 Å². The fourth-order valence-electron chi connectivity index (χ4n) is 6.36. The monoisotopic (exact) mass is 1030 g/mol. The summed E-state index contributed by atoms with van der Waals surface area (Å²) in [6.07, 6.45) is -1.23. The zero-order valence-corrected chi connectivity index (χ0v) is 41.7. The number of rotatable bonds is 31. The minimum Gasteiger partial charge on any atom is -0.508 e. The van der Waals surface area contributed by atoms with E-state index in [-0.39, 0.29) is 74.4 Å². The maximum absolute atomic E-state index is 14.0. The lowest BCUT2D eigenvalue weighted by atomic mass is 9.97. The Labute approximate surface area is 417 Å². The first kappa shape index (κ1) is 61.5. The van der Waals surface area contributed by atoms with Crippen molar-refractivity contribution in [3.05, 3.63) is 29.8 Å². The number of aromatic hydroxyl groups is 1. The molecule has 0 spiro atoms. The van der Waals surface area contributed by atoms with E-state index in [0.717, 1.165) is 0 Å². The van der Waals surface area contributed by atoms with Gasteiger partial charge < -0.3 is 81.4 Å². The Morgan fingerprint density at radius 2 is 0.986 bits per heavy atom. The Balaban J connectivity index is 3.37. The summed E-state index contributed by atoms with van der Waals surface area (Å²) in [6.45, 7) is 7.19. The van der Waals surface area contributed by atoms with E-state index < -0.39 is 114 Å². The largest absolute Gasteiger partial charge is 0.508 e. The van der Waals surface area contributed by atoms with E-state index in [1.165, 1.54) is 45.0 Å². The molecule has 26 nitrogen and oxygen atoms in total. The van der Waals surface area contributed by atoms with Crippen LogP contribution in [0.3, 0.4) is 0 Å². The van der Waals surface area contributed by atoms with E-state index in [9.17, 15) is 53.4 Å². The standard InChI is InChI=1S/C42H71N15O11S2/c1-6-20(2)31(56-34(62)21(3)50-37(65)29(18-69)51-23(5)59)39(67)57-32(22(4)58)40(68)53-27(10-8-16-49-42(46)47)36(64)55-30(19-70)38(66)52-26(9-7-15-48-41(44)45)35(63)54-28(33(43)61)17-24-11-13-25(60)14-12-24/h11-14,20-22,26-32,58,60,69-70H,6-10,15-19H2,1-5H3,(H2,43,61)(H,50,65)(H,51,59)(H,52,66)(H,53,68)(H,54,63)(H,55,64)(H,56,62)(H,57,67)(H4,44,45,48)(H4,46,47,49)/t20-,21-,22+,26-,27-,28-,29+,30-,31-,32-/m0/s1. The van der Waals surface area contributed by atoms with Gasteiger partial charge in [0.1, 0.15) is 54.1 Å². The van der Waals surface area contributed by atoms with Crippen LogP contribution in [0, 0.1) is 5.92 Å². The highest BCUT2D eigenvalue weighted by Crippen LogP contribution is 2.13. The van der Waals surface area contributed by atoms with Gasteiger partial charge in [-0.3, -0.25) is 53.1 Å². The van der Waals surface area contributed by atoms with Crippen LogP contribution in [0.15, 0.2) is 34.3 Å². The molecule has 20 N–H and O–H groups in total. The van der Waals surface area contributed by atoms with Crippen molar-refractivity contribution in [1.29, 1.82) is 0 Å². The molecule has 0 aliphatic carbocycles. The van der Waals surface area contributed by atoms with E-state index in [0.29, 0.717) is 12.0 Å². The number of phenolic OH excluding ortho intramolecular Hbond substituents is 1. The van der Waals surface area contributed by atoms with Gasteiger partial charge in [0.05, 0.1) is 6.10 Å². The van der Waals surface area contributed by atoms with Crippen LogP contribution in [0.1, 0.15) is 72.3 Å². The predicted molar refractivity (Wildman–Crippen MR) is 266 cm³/mol. The molecule has 0 saturated heterocycles. The molecule has 0 bridgehead atoms. The highest BCUT2D eigenvalue weighted by molar-refractivity contribution is 7.80. The summed E-state index contributed by atoms with van der Waals surface area (Å²) in [5.74, 6) is -8.92. The van der Waals surface area contributed by atoms with Crippen LogP contribution in [-0.2, 0) is 49.6 Å². The number of carbonyl (C=O) groups is 9.